The Bertz CT molecular complexity index is 633. The quantitative estimate of drug-likeness (QED) is 0.784. The van der Waals surface area contributed by atoms with Gasteiger partial charge in [-0.2, -0.15) is 8.42 Å². The van der Waals surface area contributed by atoms with Crippen molar-refractivity contribution in [2.24, 2.45) is 10.3 Å². The molecule has 0 N–H and O–H groups in total. The molecule has 1 heterocycles. The van der Waals surface area contributed by atoms with E-state index < -0.39 is 10.3 Å². The Morgan fingerprint density at radius 1 is 1.21 bits per heavy atom. The van der Waals surface area contributed by atoms with Crippen LogP contribution in [0.15, 0.2) is 27.1 Å². The third kappa shape index (κ3) is 2.69. The fourth-order valence-electron chi connectivity index (χ4n) is 2.75. The average Bonchev–Trinajstić information content (AvgIpc) is 2.39. The van der Waals surface area contributed by atoms with Crippen LogP contribution in [0.4, 0.5) is 0 Å². The predicted octanol–water partition coefficient (Wildman–Crippen LogP) is 3.46. The molecule has 0 saturated heterocycles. The Balaban J connectivity index is 2.09. The standard InChI is InChI=1S/C13H14BrNO3S/c14-10-6-7-12-11(8-10)13(15-19(16,17)18-12)9-4-2-1-3-5-9/h6-9H,1-5H2. The second-order valence-corrected chi connectivity index (χ2v) is 7.08. The topological polar surface area (TPSA) is 55.7 Å². The van der Waals surface area contributed by atoms with Crippen LogP contribution in [0, 0.1) is 5.92 Å². The molecule has 0 aromatic heterocycles. The normalized spacial score (nSPS) is 22.3. The maximum atomic E-state index is 11.7. The van der Waals surface area contributed by atoms with Gasteiger partial charge in [0.15, 0.2) is 5.75 Å². The molecule has 4 nitrogen and oxygen atoms in total. The summed E-state index contributed by atoms with van der Waals surface area (Å²) in [4.78, 5) is 0. The van der Waals surface area contributed by atoms with Gasteiger partial charge in [-0.3, -0.25) is 0 Å². The summed E-state index contributed by atoms with van der Waals surface area (Å²) in [6, 6.07) is 5.34. The average molecular weight is 344 g/mol. The molecule has 0 spiro atoms. The molecule has 0 amide bonds. The molecule has 1 aromatic carbocycles. The van der Waals surface area contributed by atoms with Crippen LogP contribution in [-0.2, 0) is 10.3 Å². The fourth-order valence-corrected chi connectivity index (χ4v) is 4.01. The van der Waals surface area contributed by atoms with Gasteiger partial charge in [-0.25, -0.2) is 0 Å². The van der Waals surface area contributed by atoms with Crippen molar-refractivity contribution in [3.05, 3.63) is 28.2 Å². The van der Waals surface area contributed by atoms with Crippen LogP contribution < -0.4 is 4.18 Å². The molecular formula is C13H14BrNO3S. The fraction of sp³-hybridized carbons (Fsp3) is 0.462. The molecule has 1 aliphatic carbocycles. The lowest BCUT2D eigenvalue weighted by atomic mass is 9.83. The minimum Gasteiger partial charge on any atom is -0.365 e. The molecule has 1 fully saturated rings. The summed E-state index contributed by atoms with van der Waals surface area (Å²) in [7, 11) is -3.83. The van der Waals surface area contributed by atoms with E-state index in [0.717, 1.165) is 35.7 Å². The van der Waals surface area contributed by atoms with Crippen LogP contribution in [0.25, 0.3) is 0 Å². The molecule has 0 bridgehead atoms. The van der Waals surface area contributed by atoms with Gasteiger partial charge in [0.05, 0.1) is 5.71 Å². The smallest absolute Gasteiger partial charge is 0.365 e. The second-order valence-electron chi connectivity index (χ2n) is 4.96. The number of rotatable bonds is 1. The van der Waals surface area contributed by atoms with Crippen LogP contribution in [0.5, 0.6) is 5.75 Å². The van der Waals surface area contributed by atoms with Gasteiger partial charge in [-0.05, 0) is 31.0 Å². The van der Waals surface area contributed by atoms with E-state index in [4.69, 9.17) is 4.18 Å². The van der Waals surface area contributed by atoms with Crippen molar-refractivity contribution >= 4 is 31.9 Å². The molecule has 1 aromatic rings. The number of hydrogen-bond acceptors (Lipinski definition) is 3. The van der Waals surface area contributed by atoms with Crippen LogP contribution in [0.1, 0.15) is 37.7 Å². The molecule has 19 heavy (non-hydrogen) atoms. The summed E-state index contributed by atoms with van der Waals surface area (Å²) in [6.45, 7) is 0. The summed E-state index contributed by atoms with van der Waals surface area (Å²) in [5, 5.41) is 0. The molecule has 0 radical (unpaired) electrons. The number of nitrogens with zero attached hydrogens (tertiary/aromatic N) is 1. The third-order valence-electron chi connectivity index (χ3n) is 3.61. The van der Waals surface area contributed by atoms with E-state index in [-0.39, 0.29) is 5.92 Å². The highest BCUT2D eigenvalue weighted by Crippen LogP contribution is 2.35. The lowest BCUT2D eigenvalue weighted by Crippen LogP contribution is -2.26. The SMILES string of the molecule is O=S1(=O)N=C(C2CCCCC2)c2cc(Br)ccc2O1. The first-order valence-corrected chi connectivity index (χ1v) is 8.55. The molecule has 3 rings (SSSR count). The number of fused-ring (bicyclic) bond motifs is 1. The Labute approximate surface area is 121 Å². The first-order valence-electron chi connectivity index (χ1n) is 6.39. The van der Waals surface area contributed by atoms with E-state index in [2.05, 4.69) is 20.3 Å². The van der Waals surface area contributed by atoms with Gasteiger partial charge >= 0.3 is 10.3 Å². The molecule has 102 valence electrons. The van der Waals surface area contributed by atoms with Gasteiger partial charge in [0.25, 0.3) is 0 Å². The van der Waals surface area contributed by atoms with Crippen LogP contribution in [0.3, 0.4) is 0 Å². The zero-order valence-electron chi connectivity index (χ0n) is 10.3. The highest BCUT2D eigenvalue weighted by atomic mass is 79.9. The molecule has 0 unspecified atom stereocenters. The number of hydrogen-bond donors (Lipinski definition) is 0. The van der Waals surface area contributed by atoms with Crippen molar-refractivity contribution in [2.45, 2.75) is 32.1 Å². The predicted molar refractivity (Wildman–Crippen MR) is 76.8 cm³/mol. The van der Waals surface area contributed by atoms with Crippen molar-refractivity contribution in [2.75, 3.05) is 0 Å². The molecular weight excluding hydrogens is 330 g/mol. The van der Waals surface area contributed by atoms with E-state index in [0.29, 0.717) is 11.5 Å². The van der Waals surface area contributed by atoms with E-state index >= 15 is 0 Å². The largest absolute Gasteiger partial charge is 0.428 e. The van der Waals surface area contributed by atoms with Crippen LogP contribution >= 0.6 is 15.9 Å². The summed E-state index contributed by atoms with van der Waals surface area (Å²) >= 11 is 3.41. The minimum atomic E-state index is -3.83. The summed E-state index contributed by atoms with van der Waals surface area (Å²) < 4.78 is 33.2. The van der Waals surface area contributed by atoms with Crippen molar-refractivity contribution in [1.82, 2.24) is 0 Å². The Morgan fingerprint density at radius 3 is 2.68 bits per heavy atom. The monoisotopic (exact) mass is 343 g/mol. The van der Waals surface area contributed by atoms with Crippen molar-refractivity contribution < 1.29 is 12.6 Å². The van der Waals surface area contributed by atoms with Gasteiger partial charge in [0.1, 0.15) is 0 Å². The van der Waals surface area contributed by atoms with E-state index in [1.807, 2.05) is 6.07 Å². The lowest BCUT2D eigenvalue weighted by molar-refractivity contribution is 0.435. The van der Waals surface area contributed by atoms with Gasteiger partial charge in [-0.15, -0.1) is 4.40 Å². The van der Waals surface area contributed by atoms with E-state index in [1.54, 1.807) is 12.1 Å². The molecule has 2 aliphatic rings. The van der Waals surface area contributed by atoms with Crippen molar-refractivity contribution in [3.8, 4) is 5.75 Å². The van der Waals surface area contributed by atoms with Crippen molar-refractivity contribution in [3.63, 3.8) is 0 Å². The Hall–Kier alpha value is -0.880. The van der Waals surface area contributed by atoms with Crippen molar-refractivity contribution in [1.29, 1.82) is 0 Å². The zero-order chi connectivity index (χ0) is 13.5. The highest BCUT2D eigenvalue weighted by molar-refractivity contribution is 9.10. The van der Waals surface area contributed by atoms with Gasteiger partial charge in [0.2, 0.25) is 0 Å². The third-order valence-corrected chi connectivity index (χ3v) is 4.92. The lowest BCUT2D eigenvalue weighted by Gasteiger charge is -2.26. The molecule has 1 aliphatic heterocycles. The van der Waals surface area contributed by atoms with Crippen LogP contribution in [0.2, 0.25) is 0 Å². The van der Waals surface area contributed by atoms with Crippen LogP contribution in [-0.4, -0.2) is 14.1 Å². The maximum Gasteiger partial charge on any atom is 0.428 e. The highest BCUT2D eigenvalue weighted by Gasteiger charge is 2.30. The van der Waals surface area contributed by atoms with Gasteiger partial charge in [0, 0.05) is 16.0 Å². The van der Waals surface area contributed by atoms with E-state index in [1.165, 1.54) is 6.42 Å². The number of benzene rings is 1. The summed E-state index contributed by atoms with van der Waals surface area (Å²) in [5.74, 6) is 0.610. The first kappa shape index (κ1) is 13.1. The van der Waals surface area contributed by atoms with E-state index in [9.17, 15) is 8.42 Å². The maximum absolute atomic E-state index is 11.7. The molecule has 6 heteroatoms. The number of halogens is 1. The second kappa shape index (κ2) is 4.90. The minimum absolute atomic E-state index is 0.223. The summed E-state index contributed by atoms with van der Waals surface area (Å²) in [5.41, 5.74) is 1.47. The Kier molecular flexibility index (Phi) is 3.39. The van der Waals surface area contributed by atoms with Gasteiger partial charge < -0.3 is 4.18 Å². The summed E-state index contributed by atoms with van der Waals surface area (Å²) in [6.07, 6.45) is 5.49. The zero-order valence-corrected chi connectivity index (χ0v) is 12.7. The molecule has 0 atom stereocenters. The van der Waals surface area contributed by atoms with Gasteiger partial charge in [-0.1, -0.05) is 35.2 Å². The first-order chi connectivity index (χ1) is 9.05. The molecule has 1 saturated carbocycles. The Morgan fingerprint density at radius 2 is 1.95 bits per heavy atom.